The zero-order valence-electron chi connectivity index (χ0n) is 14.6. The van der Waals surface area contributed by atoms with Crippen molar-refractivity contribution >= 4 is 11.9 Å². The SMILES string of the molecule is CC1=C(C(=O)OC2CCCCC2)[C@H](c2ccc(O)cc2)n2nnnc2N1. The number of esters is 1. The lowest BCUT2D eigenvalue weighted by atomic mass is 9.95. The Morgan fingerprint density at radius 3 is 2.69 bits per heavy atom. The molecule has 26 heavy (non-hydrogen) atoms. The van der Waals surface area contributed by atoms with Crippen LogP contribution < -0.4 is 5.32 Å². The Bertz CT molecular complexity index is 837. The third kappa shape index (κ3) is 3.02. The number of aromatic nitrogens is 4. The number of fused-ring (bicyclic) bond motifs is 1. The number of nitrogens with one attached hydrogen (secondary N) is 1. The number of aromatic hydroxyl groups is 1. The van der Waals surface area contributed by atoms with Crippen molar-refractivity contribution in [2.24, 2.45) is 0 Å². The number of nitrogens with zero attached hydrogens (tertiary/aromatic N) is 4. The lowest BCUT2D eigenvalue weighted by Gasteiger charge is -2.29. The van der Waals surface area contributed by atoms with Crippen LogP contribution in [0.3, 0.4) is 0 Å². The minimum absolute atomic E-state index is 0.0349. The number of hydrogen-bond acceptors (Lipinski definition) is 7. The molecule has 8 heteroatoms. The Balaban J connectivity index is 1.69. The molecule has 2 aliphatic rings. The van der Waals surface area contributed by atoms with Gasteiger partial charge in [-0.25, -0.2) is 4.79 Å². The predicted molar refractivity (Wildman–Crippen MR) is 93.4 cm³/mol. The van der Waals surface area contributed by atoms with Crippen molar-refractivity contribution in [3.8, 4) is 5.75 Å². The first-order chi connectivity index (χ1) is 12.6. The normalized spacial score (nSPS) is 20.4. The number of carbonyl (C=O) groups is 1. The molecule has 1 aliphatic heterocycles. The molecule has 2 aromatic rings. The summed E-state index contributed by atoms with van der Waals surface area (Å²) in [5, 5.41) is 24.4. The molecule has 0 unspecified atom stereocenters. The first-order valence-corrected chi connectivity index (χ1v) is 8.89. The van der Waals surface area contributed by atoms with Crippen molar-refractivity contribution in [2.45, 2.75) is 51.2 Å². The molecule has 2 heterocycles. The van der Waals surface area contributed by atoms with Crippen LogP contribution in [0.2, 0.25) is 0 Å². The van der Waals surface area contributed by atoms with Gasteiger partial charge in [-0.3, -0.25) is 0 Å². The van der Waals surface area contributed by atoms with Gasteiger partial charge in [0.25, 0.3) is 0 Å². The number of phenols is 1. The zero-order chi connectivity index (χ0) is 18.1. The van der Waals surface area contributed by atoms with E-state index in [1.54, 1.807) is 28.9 Å². The predicted octanol–water partition coefficient (Wildman–Crippen LogP) is 2.54. The van der Waals surface area contributed by atoms with Crippen molar-refractivity contribution in [3.05, 3.63) is 41.1 Å². The standard InChI is InChI=1S/C18H21N5O3/c1-11-15(17(25)26-14-5-3-2-4-6-14)16(12-7-9-13(24)10-8-12)23-18(19-11)20-21-22-23/h7-10,14,16,24H,2-6H2,1H3,(H,19,20,22)/t16-/m0/s1. The molecule has 1 saturated carbocycles. The maximum atomic E-state index is 13.0. The Kier molecular flexibility index (Phi) is 4.32. The molecule has 2 N–H and O–H groups in total. The molecule has 1 aliphatic carbocycles. The molecule has 1 aromatic carbocycles. The van der Waals surface area contributed by atoms with E-state index in [9.17, 15) is 9.90 Å². The average Bonchev–Trinajstić information content (AvgIpc) is 3.10. The van der Waals surface area contributed by atoms with Gasteiger partial charge >= 0.3 is 5.97 Å². The van der Waals surface area contributed by atoms with Gasteiger partial charge in [0.2, 0.25) is 5.95 Å². The van der Waals surface area contributed by atoms with Gasteiger partial charge in [-0.2, -0.15) is 4.68 Å². The highest BCUT2D eigenvalue weighted by atomic mass is 16.5. The number of hydrogen-bond donors (Lipinski definition) is 2. The molecule has 4 rings (SSSR count). The molecule has 1 aromatic heterocycles. The third-order valence-electron chi connectivity index (χ3n) is 4.97. The highest BCUT2D eigenvalue weighted by molar-refractivity contribution is 5.92. The first kappa shape index (κ1) is 16.6. The minimum Gasteiger partial charge on any atom is -0.508 e. The number of anilines is 1. The summed E-state index contributed by atoms with van der Waals surface area (Å²) in [5.41, 5.74) is 1.96. The quantitative estimate of drug-likeness (QED) is 0.816. The van der Waals surface area contributed by atoms with Gasteiger partial charge in [-0.1, -0.05) is 23.7 Å². The molecule has 0 radical (unpaired) electrons. The summed E-state index contributed by atoms with van der Waals surface area (Å²) >= 11 is 0. The van der Waals surface area contributed by atoms with Gasteiger partial charge in [0.1, 0.15) is 17.9 Å². The van der Waals surface area contributed by atoms with E-state index in [0.29, 0.717) is 17.2 Å². The van der Waals surface area contributed by atoms with Crippen LogP contribution in [0.15, 0.2) is 35.5 Å². The molecular weight excluding hydrogens is 334 g/mol. The van der Waals surface area contributed by atoms with Crippen LogP contribution >= 0.6 is 0 Å². The van der Waals surface area contributed by atoms with Crippen LogP contribution in [-0.2, 0) is 9.53 Å². The summed E-state index contributed by atoms with van der Waals surface area (Å²) in [5.74, 6) is 0.280. The summed E-state index contributed by atoms with van der Waals surface area (Å²) in [4.78, 5) is 13.0. The first-order valence-electron chi connectivity index (χ1n) is 8.89. The smallest absolute Gasteiger partial charge is 0.338 e. The monoisotopic (exact) mass is 355 g/mol. The summed E-state index contributed by atoms with van der Waals surface area (Å²) in [7, 11) is 0. The van der Waals surface area contributed by atoms with Crippen molar-refractivity contribution < 1.29 is 14.6 Å². The third-order valence-corrected chi connectivity index (χ3v) is 4.97. The van der Waals surface area contributed by atoms with Gasteiger partial charge in [0, 0.05) is 5.70 Å². The second kappa shape index (κ2) is 6.78. The molecule has 8 nitrogen and oxygen atoms in total. The number of benzene rings is 1. The number of phenolic OH excluding ortho intramolecular Hbond substituents is 1. The van der Waals surface area contributed by atoms with Crippen LogP contribution in [0.5, 0.6) is 5.75 Å². The second-order valence-corrected chi connectivity index (χ2v) is 6.77. The largest absolute Gasteiger partial charge is 0.508 e. The van der Waals surface area contributed by atoms with E-state index < -0.39 is 6.04 Å². The van der Waals surface area contributed by atoms with Crippen molar-refractivity contribution in [1.82, 2.24) is 20.2 Å². The van der Waals surface area contributed by atoms with Crippen molar-refractivity contribution in [2.75, 3.05) is 5.32 Å². The number of allylic oxidation sites excluding steroid dienone is 1. The van der Waals surface area contributed by atoms with E-state index in [-0.39, 0.29) is 17.8 Å². The second-order valence-electron chi connectivity index (χ2n) is 6.77. The van der Waals surface area contributed by atoms with Gasteiger partial charge in [-0.05, 0) is 60.7 Å². The topological polar surface area (TPSA) is 102 Å². The highest BCUT2D eigenvalue weighted by Crippen LogP contribution is 2.36. The molecular formula is C18H21N5O3. The van der Waals surface area contributed by atoms with Crippen molar-refractivity contribution in [1.29, 1.82) is 0 Å². The number of tetrazole rings is 1. The average molecular weight is 355 g/mol. The lowest BCUT2D eigenvalue weighted by Crippen LogP contribution is -2.32. The Labute approximate surface area is 150 Å². The number of rotatable bonds is 3. The fraction of sp³-hybridized carbons (Fsp3) is 0.444. The van der Waals surface area contributed by atoms with Gasteiger partial charge in [-0.15, -0.1) is 0 Å². The summed E-state index contributed by atoms with van der Waals surface area (Å²) in [6, 6.07) is 6.19. The molecule has 1 fully saturated rings. The van der Waals surface area contributed by atoms with Crippen LogP contribution in [0.1, 0.15) is 50.6 Å². The van der Waals surface area contributed by atoms with Gasteiger partial charge in [0.15, 0.2) is 0 Å². The summed E-state index contributed by atoms with van der Waals surface area (Å²) in [6.07, 6.45) is 5.16. The highest BCUT2D eigenvalue weighted by Gasteiger charge is 2.36. The number of carbonyl (C=O) groups excluding carboxylic acids is 1. The van der Waals surface area contributed by atoms with Crippen LogP contribution in [0.4, 0.5) is 5.95 Å². The minimum atomic E-state index is -0.502. The van der Waals surface area contributed by atoms with Crippen LogP contribution in [0.25, 0.3) is 0 Å². The summed E-state index contributed by atoms with van der Waals surface area (Å²) in [6.45, 7) is 1.82. The maximum absolute atomic E-state index is 13.0. The zero-order valence-corrected chi connectivity index (χ0v) is 14.6. The fourth-order valence-corrected chi connectivity index (χ4v) is 3.64. The van der Waals surface area contributed by atoms with Crippen molar-refractivity contribution in [3.63, 3.8) is 0 Å². The Morgan fingerprint density at radius 2 is 1.96 bits per heavy atom. The molecule has 0 spiro atoms. The van der Waals surface area contributed by atoms with E-state index in [1.165, 1.54) is 6.42 Å². The van der Waals surface area contributed by atoms with E-state index in [2.05, 4.69) is 20.8 Å². The molecule has 0 saturated heterocycles. The van der Waals surface area contributed by atoms with Crippen LogP contribution in [-0.4, -0.2) is 37.4 Å². The molecule has 0 bridgehead atoms. The van der Waals surface area contributed by atoms with E-state index in [0.717, 1.165) is 31.2 Å². The van der Waals surface area contributed by atoms with Crippen LogP contribution in [0, 0.1) is 0 Å². The van der Waals surface area contributed by atoms with E-state index >= 15 is 0 Å². The number of ether oxygens (including phenoxy) is 1. The summed E-state index contributed by atoms with van der Waals surface area (Å²) < 4.78 is 7.37. The van der Waals surface area contributed by atoms with Gasteiger partial charge in [0.05, 0.1) is 5.57 Å². The Morgan fingerprint density at radius 1 is 1.23 bits per heavy atom. The fourth-order valence-electron chi connectivity index (χ4n) is 3.64. The van der Waals surface area contributed by atoms with Gasteiger partial charge < -0.3 is 15.2 Å². The molecule has 136 valence electrons. The lowest BCUT2D eigenvalue weighted by molar-refractivity contribution is -0.146. The maximum Gasteiger partial charge on any atom is 0.338 e. The molecule has 0 amide bonds. The van der Waals surface area contributed by atoms with E-state index in [1.807, 2.05) is 6.92 Å². The molecule has 1 atom stereocenters. The van der Waals surface area contributed by atoms with E-state index in [4.69, 9.17) is 4.74 Å². The Hall–Kier alpha value is -2.90.